The van der Waals surface area contributed by atoms with Gasteiger partial charge in [-0.05, 0) is 44.0 Å². The summed E-state index contributed by atoms with van der Waals surface area (Å²) in [7, 11) is 0. The Balaban J connectivity index is 2.29. The highest BCUT2D eigenvalue weighted by molar-refractivity contribution is 6.04. The molecular weight excluding hydrogens is 238 g/mol. The number of nitrogens with zero attached hydrogens (tertiary/aromatic N) is 1. The molecule has 1 amide bonds. The van der Waals surface area contributed by atoms with Crippen molar-refractivity contribution in [3.05, 3.63) is 52.8 Å². The van der Waals surface area contributed by atoms with E-state index in [0.29, 0.717) is 11.4 Å². The van der Waals surface area contributed by atoms with Crippen molar-refractivity contribution < 1.29 is 4.79 Å². The molecule has 0 unspecified atom stereocenters. The number of nitrogens with one attached hydrogen (secondary N) is 1. The van der Waals surface area contributed by atoms with Crippen LogP contribution in [0.15, 0.2) is 30.5 Å². The normalized spacial score (nSPS) is 10.3. The first-order valence-corrected chi connectivity index (χ1v) is 6.08. The number of carbonyl (C=O) groups excluding carboxylic acids is 1. The number of rotatable bonds is 2. The smallest absolute Gasteiger partial charge is 0.274 e. The Morgan fingerprint density at radius 1 is 1.16 bits per heavy atom. The fourth-order valence-electron chi connectivity index (χ4n) is 2.13. The van der Waals surface area contributed by atoms with Gasteiger partial charge in [0, 0.05) is 17.6 Å². The minimum absolute atomic E-state index is 0.248. The average molecular weight is 255 g/mol. The molecule has 0 saturated carbocycles. The van der Waals surface area contributed by atoms with Crippen molar-refractivity contribution >= 4 is 17.3 Å². The van der Waals surface area contributed by atoms with Gasteiger partial charge in [-0.25, -0.2) is 0 Å². The summed E-state index contributed by atoms with van der Waals surface area (Å²) in [6.45, 7) is 5.98. The van der Waals surface area contributed by atoms with E-state index >= 15 is 0 Å². The maximum atomic E-state index is 12.1. The summed E-state index contributed by atoms with van der Waals surface area (Å²) in [4.78, 5) is 16.1. The third-order valence-electron chi connectivity index (χ3n) is 2.93. The number of pyridine rings is 1. The quantitative estimate of drug-likeness (QED) is 0.867. The van der Waals surface area contributed by atoms with E-state index in [2.05, 4.69) is 10.3 Å². The molecule has 0 bridgehead atoms. The van der Waals surface area contributed by atoms with Crippen molar-refractivity contribution in [3.8, 4) is 0 Å². The number of aromatic nitrogens is 1. The number of aryl methyl sites for hydroxylation is 3. The van der Waals surface area contributed by atoms with E-state index in [9.17, 15) is 4.79 Å². The van der Waals surface area contributed by atoms with E-state index in [1.165, 1.54) is 11.8 Å². The molecule has 4 nitrogen and oxygen atoms in total. The Morgan fingerprint density at radius 2 is 1.79 bits per heavy atom. The zero-order chi connectivity index (χ0) is 14.0. The minimum atomic E-state index is -0.248. The second-order valence-electron chi connectivity index (χ2n) is 4.70. The molecule has 2 rings (SSSR count). The van der Waals surface area contributed by atoms with E-state index in [4.69, 9.17) is 5.73 Å². The Labute approximate surface area is 112 Å². The van der Waals surface area contributed by atoms with Crippen molar-refractivity contribution in [2.24, 2.45) is 0 Å². The van der Waals surface area contributed by atoms with Crippen LogP contribution in [0.25, 0.3) is 0 Å². The van der Waals surface area contributed by atoms with Crippen LogP contribution in [0.1, 0.15) is 27.2 Å². The molecule has 2 aromatic rings. The first-order chi connectivity index (χ1) is 8.97. The number of benzene rings is 1. The molecule has 0 saturated heterocycles. The lowest BCUT2D eigenvalue weighted by atomic mass is 10.0. The van der Waals surface area contributed by atoms with Gasteiger partial charge in [0.15, 0.2) is 0 Å². The van der Waals surface area contributed by atoms with Gasteiger partial charge in [0.1, 0.15) is 5.69 Å². The summed E-state index contributed by atoms with van der Waals surface area (Å²) in [5.74, 6) is -0.248. The molecule has 0 fully saturated rings. The first kappa shape index (κ1) is 13.1. The molecule has 1 aromatic heterocycles. The molecule has 4 heteroatoms. The highest BCUT2D eigenvalue weighted by atomic mass is 16.1. The topological polar surface area (TPSA) is 68.0 Å². The molecule has 19 heavy (non-hydrogen) atoms. The van der Waals surface area contributed by atoms with Crippen LogP contribution in [-0.4, -0.2) is 10.9 Å². The highest BCUT2D eigenvalue weighted by Gasteiger charge is 2.11. The van der Waals surface area contributed by atoms with E-state index < -0.39 is 0 Å². The Morgan fingerprint density at radius 3 is 2.37 bits per heavy atom. The summed E-state index contributed by atoms with van der Waals surface area (Å²) >= 11 is 0. The van der Waals surface area contributed by atoms with E-state index in [1.807, 2.05) is 32.9 Å². The fraction of sp³-hybridized carbons (Fsp3) is 0.200. The Hall–Kier alpha value is -2.36. The summed E-state index contributed by atoms with van der Waals surface area (Å²) in [5.41, 5.74) is 10.6. The molecule has 1 aromatic carbocycles. The van der Waals surface area contributed by atoms with Gasteiger partial charge in [-0.15, -0.1) is 0 Å². The molecule has 0 spiro atoms. The Bertz CT molecular complexity index is 612. The summed E-state index contributed by atoms with van der Waals surface area (Å²) in [6.07, 6.45) is 1.53. The second-order valence-corrected chi connectivity index (χ2v) is 4.70. The largest absolute Gasteiger partial charge is 0.399 e. The monoisotopic (exact) mass is 255 g/mol. The lowest BCUT2D eigenvalue weighted by molar-refractivity contribution is 0.102. The molecule has 1 heterocycles. The average Bonchev–Trinajstić information content (AvgIpc) is 2.33. The molecule has 0 atom stereocenters. The molecular formula is C15H17N3O. The van der Waals surface area contributed by atoms with Crippen LogP contribution >= 0.6 is 0 Å². The van der Waals surface area contributed by atoms with Crippen molar-refractivity contribution in [3.63, 3.8) is 0 Å². The van der Waals surface area contributed by atoms with Gasteiger partial charge >= 0.3 is 0 Å². The van der Waals surface area contributed by atoms with Gasteiger partial charge in [0.05, 0.1) is 0 Å². The minimum Gasteiger partial charge on any atom is -0.399 e. The number of nitrogens with two attached hydrogens (primary N) is 1. The van der Waals surface area contributed by atoms with Gasteiger partial charge in [0.2, 0.25) is 0 Å². The first-order valence-electron chi connectivity index (χ1n) is 6.08. The number of anilines is 2. The molecule has 98 valence electrons. The molecule has 3 N–H and O–H groups in total. The zero-order valence-corrected chi connectivity index (χ0v) is 11.3. The summed E-state index contributed by atoms with van der Waals surface area (Å²) in [5, 5.41) is 2.89. The maximum absolute atomic E-state index is 12.1. The third kappa shape index (κ3) is 2.91. The van der Waals surface area contributed by atoms with Gasteiger partial charge in [0.25, 0.3) is 5.91 Å². The fourth-order valence-corrected chi connectivity index (χ4v) is 2.13. The van der Waals surface area contributed by atoms with Gasteiger partial charge < -0.3 is 11.1 Å². The van der Waals surface area contributed by atoms with Crippen molar-refractivity contribution in [2.75, 3.05) is 11.1 Å². The SMILES string of the molecule is Cc1cc(C)c(NC(=O)c2cc(N)ccn2)c(C)c1. The Kier molecular flexibility index (Phi) is 3.51. The predicted molar refractivity (Wildman–Crippen MR) is 77.3 cm³/mol. The maximum Gasteiger partial charge on any atom is 0.274 e. The number of hydrogen-bond donors (Lipinski definition) is 2. The number of amides is 1. The van der Waals surface area contributed by atoms with Crippen LogP contribution in [0.2, 0.25) is 0 Å². The van der Waals surface area contributed by atoms with E-state index in [1.54, 1.807) is 12.1 Å². The van der Waals surface area contributed by atoms with Crippen LogP contribution in [0.5, 0.6) is 0 Å². The number of hydrogen-bond acceptors (Lipinski definition) is 3. The van der Waals surface area contributed by atoms with Gasteiger partial charge in [-0.1, -0.05) is 17.7 Å². The van der Waals surface area contributed by atoms with Gasteiger partial charge in [-0.2, -0.15) is 0 Å². The number of carbonyl (C=O) groups is 1. The lowest BCUT2D eigenvalue weighted by Gasteiger charge is -2.12. The van der Waals surface area contributed by atoms with Crippen LogP contribution in [0.3, 0.4) is 0 Å². The predicted octanol–water partition coefficient (Wildman–Crippen LogP) is 2.84. The highest BCUT2D eigenvalue weighted by Crippen LogP contribution is 2.22. The standard InChI is InChI=1S/C15H17N3O/c1-9-6-10(2)14(11(3)7-9)18-15(19)13-8-12(16)4-5-17-13/h4-8H,1-3H3,(H2,16,17)(H,18,19). The lowest BCUT2D eigenvalue weighted by Crippen LogP contribution is -2.15. The van der Waals surface area contributed by atoms with Crippen LogP contribution in [-0.2, 0) is 0 Å². The van der Waals surface area contributed by atoms with Crippen molar-refractivity contribution in [1.82, 2.24) is 4.98 Å². The zero-order valence-electron chi connectivity index (χ0n) is 11.3. The number of nitrogen functional groups attached to an aromatic ring is 1. The van der Waals surface area contributed by atoms with E-state index in [0.717, 1.165) is 16.8 Å². The molecule has 0 aliphatic rings. The summed E-state index contributed by atoms with van der Waals surface area (Å²) in [6, 6.07) is 7.29. The van der Waals surface area contributed by atoms with E-state index in [-0.39, 0.29) is 5.91 Å². The van der Waals surface area contributed by atoms with Gasteiger partial charge in [-0.3, -0.25) is 9.78 Å². The molecule has 0 radical (unpaired) electrons. The summed E-state index contributed by atoms with van der Waals surface area (Å²) < 4.78 is 0. The van der Waals surface area contributed by atoms with Crippen molar-refractivity contribution in [2.45, 2.75) is 20.8 Å². The van der Waals surface area contributed by atoms with Crippen LogP contribution < -0.4 is 11.1 Å². The third-order valence-corrected chi connectivity index (χ3v) is 2.93. The van der Waals surface area contributed by atoms with Crippen LogP contribution in [0, 0.1) is 20.8 Å². The van der Waals surface area contributed by atoms with Crippen molar-refractivity contribution in [1.29, 1.82) is 0 Å². The van der Waals surface area contributed by atoms with Crippen LogP contribution in [0.4, 0.5) is 11.4 Å². The second kappa shape index (κ2) is 5.10. The molecule has 0 aliphatic heterocycles. The molecule has 0 aliphatic carbocycles.